The van der Waals surface area contributed by atoms with Crippen LogP contribution < -0.4 is 10.2 Å². The molecule has 0 bridgehead atoms. The van der Waals surface area contributed by atoms with Gasteiger partial charge in [0, 0.05) is 17.7 Å². The fourth-order valence-corrected chi connectivity index (χ4v) is 2.62. The highest BCUT2D eigenvalue weighted by Gasteiger charge is 2.09. The fraction of sp³-hybridized carbons (Fsp3) is 0. The summed E-state index contributed by atoms with van der Waals surface area (Å²) >= 11 is 0. The van der Waals surface area contributed by atoms with Crippen LogP contribution in [-0.4, -0.2) is 5.11 Å². The molecule has 122 valence electrons. The Morgan fingerprint density at radius 1 is 0.800 bits per heavy atom. The summed E-state index contributed by atoms with van der Waals surface area (Å²) in [6, 6.07) is 22.7. The van der Waals surface area contributed by atoms with Gasteiger partial charge in [-0.1, -0.05) is 30.3 Å². The smallest absolute Gasteiger partial charge is 0.193 e. The van der Waals surface area contributed by atoms with Gasteiger partial charge < -0.3 is 14.3 Å². The van der Waals surface area contributed by atoms with E-state index in [-0.39, 0.29) is 11.2 Å². The second kappa shape index (κ2) is 6.17. The zero-order chi connectivity index (χ0) is 17.2. The molecule has 0 aliphatic heterocycles. The number of rotatable bonds is 3. The van der Waals surface area contributed by atoms with E-state index >= 15 is 0 Å². The highest BCUT2D eigenvalue weighted by Crippen LogP contribution is 2.29. The van der Waals surface area contributed by atoms with E-state index in [1.54, 1.807) is 12.1 Å². The maximum atomic E-state index is 12.3. The molecule has 0 amide bonds. The number of hydrogen-bond acceptors (Lipinski definition) is 4. The van der Waals surface area contributed by atoms with Gasteiger partial charge in [-0.25, -0.2) is 0 Å². The molecule has 0 fully saturated rings. The number of phenols is 1. The van der Waals surface area contributed by atoms with Crippen LogP contribution in [0.15, 0.2) is 88.1 Å². The summed E-state index contributed by atoms with van der Waals surface area (Å²) in [5.41, 5.74) is 0.901. The first-order valence-corrected chi connectivity index (χ1v) is 7.79. The third-order valence-corrected chi connectivity index (χ3v) is 3.81. The Kier molecular flexibility index (Phi) is 3.71. The maximum Gasteiger partial charge on any atom is 0.193 e. The first-order chi connectivity index (χ1) is 12.2. The lowest BCUT2D eigenvalue weighted by Crippen LogP contribution is -2.00. The molecule has 4 nitrogen and oxygen atoms in total. The minimum absolute atomic E-state index is 0.0500. The van der Waals surface area contributed by atoms with Gasteiger partial charge in [0.25, 0.3) is 0 Å². The summed E-state index contributed by atoms with van der Waals surface area (Å²) in [5.74, 6) is 1.84. The van der Waals surface area contributed by atoms with E-state index in [1.165, 1.54) is 18.2 Å². The minimum Gasteiger partial charge on any atom is -0.508 e. The molecule has 25 heavy (non-hydrogen) atoms. The van der Waals surface area contributed by atoms with Crippen molar-refractivity contribution in [1.29, 1.82) is 0 Å². The van der Waals surface area contributed by atoms with Crippen molar-refractivity contribution in [1.82, 2.24) is 0 Å². The largest absolute Gasteiger partial charge is 0.508 e. The normalized spacial score (nSPS) is 10.7. The molecule has 0 atom stereocenters. The second-order valence-electron chi connectivity index (χ2n) is 5.60. The second-order valence-corrected chi connectivity index (χ2v) is 5.60. The molecule has 1 N–H and O–H groups in total. The number of benzene rings is 3. The molecule has 0 radical (unpaired) electrons. The van der Waals surface area contributed by atoms with Crippen LogP contribution in [0.2, 0.25) is 0 Å². The zero-order valence-corrected chi connectivity index (χ0v) is 13.2. The van der Waals surface area contributed by atoms with Crippen LogP contribution in [0.25, 0.3) is 22.3 Å². The van der Waals surface area contributed by atoms with Crippen molar-refractivity contribution in [3.8, 4) is 28.6 Å². The van der Waals surface area contributed by atoms with Gasteiger partial charge >= 0.3 is 0 Å². The van der Waals surface area contributed by atoms with Crippen molar-refractivity contribution in [3.05, 3.63) is 89.1 Å². The lowest BCUT2D eigenvalue weighted by molar-refractivity contribution is 0.474. The number of ether oxygens (including phenoxy) is 1. The number of phenolic OH excluding ortho intramolecular Hbond substituents is 1. The molecule has 0 saturated heterocycles. The third kappa shape index (κ3) is 3.10. The molecule has 4 rings (SSSR count). The van der Waals surface area contributed by atoms with Crippen molar-refractivity contribution < 1.29 is 14.3 Å². The molecule has 4 heteroatoms. The topological polar surface area (TPSA) is 59.7 Å². The van der Waals surface area contributed by atoms with Crippen LogP contribution >= 0.6 is 0 Å². The van der Waals surface area contributed by atoms with Crippen LogP contribution in [-0.2, 0) is 0 Å². The number of para-hydroxylation sites is 1. The van der Waals surface area contributed by atoms with Crippen molar-refractivity contribution in [2.45, 2.75) is 0 Å². The maximum absolute atomic E-state index is 12.3. The van der Waals surface area contributed by atoms with Crippen LogP contribution in [0.5, 0.6) is 17.2 Å². The average molecular weight is 330 g/mol. The standard InChI is InChI=1S/C21H14O4/c22-15-9-10-18-19(23)13-20(25-21(18)12-15)14-5-4-8-17(11-14)24-16-6-2-1-3-7-16/h1-13,22H. The first kappa shape index (κ1) is 15.0. The van der Waals surface area contributed by atoms with Crippen molar-refractivity contribution in [2.24, 2.45) is 0 Å². The van der Waals surface area contributed by atoms with E-state index in [0.717, 1.165) is 11.3 Å². The van der Waals surface area contributed by atoms with Crippen LogP contribution in [0.3, 0.4) is 0 Å². The monoisotopic (exact) mass is 330 g/mol. The van der Waals surface area contributed by atoms with E-state index in [0.29, 0.717) is 22.5 Å². The van der Waals surface area contributed by atoms with Gasteiger partial charge in [-0.2, -0.15) is 0 Å². The molecule has 0 aliphatic carbocycles. The molecule has 0 unspecified atom stereocenters. The summed E-state index contributed by atoms with van der Waals surface area (Å²) in [6.07, 6.45) is 0. The van der Waals surface area contributed by atoms with Crippen LogP contribution in [0, 0.1) is 0 Å². The Morgan fingerprint density at radius 3 is 2.44 bits per heavy atom. The van der Waals surface area contributed by atoms with Gasteiger partial charge in [-0.3, -0.25) is 4.79 Å². The quantitative estimate of drug-likeness (QED) is 0.577. The molecule has 0 aliphatic rings. The van der Waals surface area contributed by atoms with Gasteiger partial charge in [0.05, 0.1) is 5.39 Å². The van der Waals surface area contributed by atoms with Gasteiger partial charge in [-0.15, -0.1) is 0 Å². The van der Waals surface area contributed by atoms with E-state index < -0.39 is 0 Å². The molecule has 0 saturated carbocycles. The van der Waals surface area contributed by atoms with Crippen LogP contribution in [0.4, 0.5) is 0 Å². The summed E-state index contributed by atoms with van der Waals surface area (Å²) in [5, 5.41) is 10.0. The Bertz CT molecular complexity index is 1100. The average Bonchev–Trinajstić information content (AvgIpc) is 2.62. The van der Waals surface area contributed by atoms with E-state index in [4.69, 9.17) is 9.15 Å². The first-order valence-electron chi connectivity index (χ1n) is 7.79. The summed E-state index contributed by atoms with van der Waals surface area (Å²) in [7, 11) is 0. The molecule has 4 aromatic rings. The van der Waals surface area contributed by atoms with Crippen LogP contribution in [0.1, 0.15) is 0 Å². The Morgan fingerprint density at radius 2 is 1.60 bits per heavy atom. The fourth-order valence-electron chi connectivity index (χ4n) is 2.62. The van der Waals surface area contributed by atoms with Crippen molar-refractivity contribution in [3.63, 3.8) is 0 Å². The minimum atomic E-state index is -0.161. The van der Waals surface area contributed by atoms with E-state index in [2.05, 4.69) is 0 Å². The summed E-state index contributed by atoms with van der Waals surface area (Å²) < 4.78 is 11.6. The SMILES string of the molecule is O=c1cc(-c2cccc(Oc3ccccc3)c2)oc2cc(O)ccc12. The molecule has 0 spiro atoms. The molecular formula is C21H14O4. The lowest BCUT2D eigenvalue weighted by Gasteiger charge is -2.08. The Labute approximate surface area is 143 Å². The highest BCUT2D eigenvalue weighted by molar-refractivity contribution is 5.80. The Balaban J connectivity index is 1.76. The predicted molar refractivity (Wildman–Crippen MR) is 96.1 cm³/mol. The Hall–Kier alpha value is -3.53. The van der Waals surface area contributed by atoms with Gasteiger partial charge in [0.1, 0.15) is 28.6 Å². The number of fused-ring (bicyclic) bond motifs is 1. The van der Waals surface area contributed by atoms with Crippen molar-refractivity contribution in [2.75, 3.05) is 0 Å². The molecule has 3 aromatic carbocycles. The third-order valence-electron chi connectivity index (χ3n) is 3.81. The zero-order valence-electron chi connectivity index (χ0n) is 13.2. The van der Waals surface area contributed by atoms with Gasteiger partial charge in [-0.05, 0) is 36.4 Å². The van der Waals surface area contributed by atoms with Crippen molar-refractivity contribution >= 4 is 11.0 Å². The predicted octanol–water partition coefficient (Wildman–Crippen LogP) is 4.96. The summed E-state index contributed by atoms with van der Waals surface area (Å²) in [6.45, 7) is 0. The van der Waals surface area contributed by atoms with Gasteiger partial charge in [0.15, 0.2) is 5.43 Å². The number of aromatic hydroxyl groups is 1. The molecule has 1 aromatic heterocycles. The lowest BCUT2D eigenvalue weighted by atomic mass is 10.1. The van der Waals surface area contributed by atoms with Gasteiger partial charge in [0.2, 0.25) is 0 Å². The molecule has 1 heterocycles. The van der Waals surface area contributed by atoms with E-state index in [1.807, 2.05) is 48.5 Å². The summed E-state index contributed by atoms with van der Waals surface area (Å²) in [4.78, 5) is 12.3. The molecular weight excluding hydrogens is 316 g/mol. The highest BCUT2D eigenvalue weighted by atomic mass is 16.5. The van der Waals surface area contributed by atoms with E-state index in [9.17, 15) is 9.90 Å². The number of hydrogen-bond donors (Lipinski definition) is 1.